The summed E-state index contributed by atoms with van der Waals surface area (Å²) in [6, 6.07) is 5.18. The van der Waals surface area contributed by atoms with Crippen molar-refractivity contribution >= 4 is 0 Å². The Bertz CT molecular complexity index is 400. The summed E-state index contributed by atoms with van der Waals surface area (Å²) < 4.78 is 1.60. The fourth-order valence-corrected chi connectivity index (χ4v) is 1.23. The highest BCUT2D eigenvalue weighted by Crippen LogP contribution is 2.03. The highest BCUT2D eigenvalue weighted by Gasteiger charge is 2.04. The standard InChI is InChI=1S/C11H14N2O/c1-3-9(2)8-13-6-4-5-10(7-12)11(13)14/h4-6,9H,3,8H2,1-2H3. The molecule has 0 aliphatic heterocycles. The molecular formula is C11H14N2O. The van der Waals surface area contributed by atoms with Gasteiger partial charge in [-0.3, -0.25) is 4.79 Å². The number of rotatable bonds is 3. The Morgan fingerprint density at radius 2 is 2.36 bits per heavy atom. The first-order valence-corrected chi connectivity index (χ1v) is 4.78. The quantitative estimate of drug-likeness (QED) is 0.729. The summed E-state index contributed by atoms with van der Waals surface area (Å²) in [4.78, 5) is 11.6. The average molecular weight is 190 g/mol. The van der Waals surface area contributed by atoms with Gasteiger partial charge in [0.15, 0.2) is 0 Å². The topological polar surface area (TPSA) is 45.8 Å². The lowest BCUT2D eigenvalue weighted by Gasteiger charge is -2.10. The maximum Gasteiger partial charge on any atom is 0.268 e. The maximum absolute atomic E-state index is 11.6. The van der Waals surface area contributed by atoms with Crippen molar-refractivity contribution in [2.24, 2.45) is 5.92 Å². The molecule has 0 aromatic carbocycles. The van der Waals surface area contributed by atoms with Gasteiger partial charge in [-0.2, -0.15) is 5.26 Å². The highest BCUT2D eigenvalue weighted by molar-refractivity contribution is 5.24. The zero-order valence-corrected chi connectivity index (χ0v) is 8.53. The highest BCUT2D eigenvalue weighted by atomic mass is 16.1. The summed E-state index contributed by atoms with van der Waals surface area (Å²) in [6.45, 7) is 4.86. The van der Waals surface area contributed by atoms with Crippen molar-refractivity contribution in [3.8, 4) is 6.07 Å². The molecule has 0 amide bonds. The molecule has 0 aliphatic rings. The molecule has 0 radical (unpaired) electrons. The van der Waals surface area contributed by atoms with E-state index in [1.54, 1.807) is 22.9 Å². The molecule has 0 saturated heterocycles. The van der Waals surface area contributed by atoms with Gasteiger partial charge in [0.2, 0.25) is 0 Å². The summed E-state index contributed by atoms with van der Waals surface area (Å²) in [5.74, 6) is 0.460. The minimum atomic E-state index is -0.185. The number of hydrogen-bond acceptors (Lipinski definition) is 2. The zero-order chi connectivity index (χ0) is 10.6. The van der Waals surface area contributed by atoms with Crippen molar-refractivity contribution in [2.75, 3.05) is 0 Å². The first-order valence-electron chi connectivity index (χ1n) is 4.78. The van der Waals surface area contributed by atoms with Crippen LogP contribution in [0.3, 0.4) is 0 Å². The van der Waals surface area contributed by atoms with Gasteiger partial charge in [-0.05, 0) is 18.1 Å². The van der Waals surface area contributed by atoms with Crippen molar-refractivity contribution in [3.05, 3.63) is 34.2 Å². The molecule has 0 fully saturated rings. The van der Waals surface area contributed by atoms with Crippen molar-refractivity contribution in [3.63, 3.8) is 0 Å². The summed E-state index contributed by atoms with van der Waals surface area (Å²) in [5.41, 5.74) is 0.0334. The van der Waals surface area contributed by atoms with Crippen LogP contribution in [0.15, 0.2) is 23.1 Å². The predicted molar refractivity (Wildman–Crippen MR) is 54.9 cm³/mol. The van der Waals surface area contributed by atoms with Crippen LogP contribution in [0.25, 0.3) is 0 Å². The molecule has 0 N–H and O–H groups in total. The van der Waals surface area contributed by atoms with E-state index >= 15 is 0 Å². The van der Waals surface area contributed by atoms with Gasteiger partial charge in [-0.25, -0.2) is 0 Å². The predicted octanol–water partition coefficient (Wildman–Crippen LogP) is 1.77. The third kappa shape index (κ3) is 2.23. The lowest BCUT2D eigenvalue weighted by Crippen LogP contribution is -2.24. The van der Waals surface area contributed by atoms with Crippen molar-refractivity contribution < 1.29 is 0 Å². The fourth-order valence-electron chi connectivity index (χ4n) is 1.23. The smallest absolute Gasteiger partial charge is 0.268 e. The zero-order valence-electron chi connectivity index (χ0n) is 8.53. The molecule has 1 atom stereocenters. The molecule has 1 heterocycles. The molecule has 1 unspecified atom stereocenters. The van der Waals surface area contributed by atoms with Gasteiger partial charge in [0.05, 0.1) is 0 Å². The van der Waals surface area contributed by atoms with Crippen LogP contribution in [0.4, 0.5) is 0 Å². The first-order chi connectivity index (χ1) is 6.69. The summed E-state index contributed by atoms with van der Waals surface area (Å²) in [5, 5.41) is 8.67. The average Bonchev–Trinajstić information content (AvgIpc) is 2.21. The Labute approximate surface area is 83.6 Å². The van der Waals surface area contributed by atoms with Gasteiger partial charge < -0.3 is 4.57 Å². The number of hydrogen-bond donors (Lipinski definition) is 0. The molecule has 3 nitrogen and oxygen atoms in total. The van der Waals surface area contributed by atoms with E-state index in [1.807, 2.05) is 6.07 Å². The molecule has 1 aromatic rings. The Hall–Kier alpha value is -1.56. The molecular weight excluding hydrogens is 176 g/mol. The van der Waals surface area contributed by atoms with E-state index in [9.17, 15) is 4.79 Å². The van der Waals surface area contributed by atoms with Crippen molar-refractivity contribution in [1.29, 1.82) is 5.26 Å². The first kappa shape index (κ1) is 10.5. The lowest BCUT2D eigenvalue weighted by atomic mass is 10.1. The summed E-state index contributed by atoms with van der Waals surface area (Å²) in [6.07, 6.45) is 2.76. The van der Waals surface area contributed by atoms with Crippen LogP contribution in [0.5, 0.6) is 0 Å². The largest absolute Gasteiger partial charge is 0.314 e. The van der Waals surface area contributed by atoms with Crippen molar-refractivity contribution in [2.45, 2.75) is 26.8 Å². The Morgan fingerprint density at radius 1 is 1.64 bits per heavy atom. The second-order valence-electron chi connectivity index (χ2n) is 3.50. The molecule has 1 rings (SSSR count). The van der Waals surface area contributed by atoms with Crippen LogP contribution >= 0.6 is 0 Å². The van der Waals surface area contributed by atoms with E-state index in [2.05, 4.69) is 13.8 Å². The van der Waals surface area contributed by atoms with Crippen LogP contribution in [0.1, 0.15) is 25.8 Å². The summed E-state index contributed by atoms with van der Waals surface area (Å²) in [7, 11) is 0. The maximum atomic E-state index is 11.6. The SMILES string of the molecule is CCC(C)Cn1cccc(C#N)c1=O. The normalized spacial score (nSPS) is 12.1. The minimum absolute atomic E-state index is 0.185. The minimum Gasteiger partial charge on any atom is -0.314 e. The molecule has 3 heteroatoms. The third-order valence-corrected chi connectivity index (χ3v) is 2.35. The molecule has 14 heavy (non-hydrogen) atoms. The van der Waals surface area contributed by atoms with E-state index in [0.29, 0.717) is 12.5 Å². The molecule has 0 aliphatic carbocycles. The third-order valence-electron chi connectivity index (χ3n) is 2.35. The summed E-state index contributed by atoms with van der Waals surface area (Å²) >= 11 is 0. The number of pyridine rings is 1. The van der Waals surface area contributed by atoms with Gasteiger partial charge in [-0.1, -0.05) is 20.3 Å². The fraction of sp³-hybridized carbons (Fsp3) is 0.455. The van der Waals surface area contributed by atoms with Gasteiger partial charge in [0.25, 0.3) is 5.56 Å². The molecule has 74 valence electrons. The molecule has 0 bridgehead atoms. The monoisotopic (exact) mass is 190 g/mol. The van der Waals surface area contributed by atoms with Gasteiger partial charge in [-0.15, -0.1) is 0 Å². The second-order valence-corrected chi connectivity index (χ2v) is 3.50. The molecule has 0 saturated carbocycles. The number of aromatic nitrogens is 1. The lowest BCUT2D eigenvalue weighted by molar-refractivity contribution is 0.459. The Kier molecular flexibility index (Phi) is 3.47. The number of nitrogens with zero attached hydrogens (tertiary/aromatic N) is 2. The molecule has 1 aromatic heterocycles. The van der Waals surface area contributed by atoms with Gasteiger partial charge >= 0.3 is 0 Å². The Balaban J connectivity index is 3.00. The van der Waals surface area contributed by atoms with E-state index in [-0.39, 0.29) is 11.1 Å². The van der Waals surface area contributed by atoms with Crippen molar-refractivity contribution in [1.82, 2.24) is 4.57 Å². The van der Waals surface area contributed by atoms with Crippen LogP contribution in [0, 0.1) is 17.2 Å². The van der Waals surface area contributed by atoms with E-state index in [1.165, 1.54) is 0 Å². The van der Waals surface area contributed by atoms with Gasteiger partial charge in [0.1, 0.15) is 11.6 Å². The molecule has 0 spiro atoms. The van der Waals surface area contributed by atoms with E-state index in [0.717, 1.165) is 6.42 Å². The van der Waals surface area contributed by atoms with Crippen LogP contribution in [0.2, 0.25) is 0 Å². The Morgan fingerprint density at radius 3 is 2.93 bits per heavy atom. The number of nitriles is 1. The van der Waals surface area contributed by atoms with E-state index in [4.69, 9.17) is 5.26 Å². The van der Waals surface area contributed by atoms with Crippen LogP contribution in [-0.4, -0.2) is 4.57 Å². The van der Waals surface area contributed by atoms with Crippen LogP contribution < -0.4 is 5.56 Å². The van der Waals surface area contributed by atoms with Gasteiger partial charge in [0, 0.05) is 12.7 Å². The second kappa shape index (κ2) is 4.61. The van der Waals surface area contributed by atoms with Crippen LogP contribution in [-0.2, 0) is 6.54 Å². The van der Waals surface area contributed by atoms with E-state index < -0.39 is 0 Å².